The van der Waals surface area contributed by atoms with Crippen LogP contribution in [-0.2, 0) is 13.0 Å². The summed E-state index contributed by atoms with van der Waals surface area (Å²) in [4.78, 5) is 8.92. The van der Waals surface area contributed by atoms with E-state index < -0.39 is 0 Å². The molecule has 5 nitrogen and oxygen atoms in total. The minimum atomic E-state index is 0.739. The van der Waals surface area contributed by atoms with Crippen molar-refractivity contribution in [3.63, 3.8) is 0 Å². The molecule has 134 valence electrons. The Kier molecular flexibility index (Phi) is 6.04. The molecule has 0 aliphatic carbocycles. The zero-order chi connectivity index (χ0) is 18.2. The fourth-order valence-electron chi connectivity index (χ4n) is 2.66. The molecule has 5 heteroatoms. The minimum Gasteiger partial charge on any atom is -0.497 e. The molecule has 0 fully saturated rings. The normalized spacial score (nSPS) is 10.4. The highest BCUT2D eigenvalue weighted by molar-refractivity contribution is 5.48. The third-order valence-corrected chi connectivity index (χ3v) is 4.03. The molecule has 0 saturated carbocycles. The van der Waals surface area contributed by atoms with Crippen LogP contribution in [0.3, 0.4) is 0 Å². The van der Waals surface area contributed by atoms with Crippen LogP contribution in [0, 0.1) is 6.92 Å². The highest BCUT2D eigenvalue weighted by Gasteiger charge is 2.02. The molecular formula is C21H24N4O. The van der Waals surface area contributed by atoms with E-state index >= 15 is 0 Å². The molecule has 0 spiro atoms. The van der Waals surface area contributed by atoms with Crippen LogP contribution >= 0.6 is 0 Å². The molecule has 0 unspecified atom stereocenters. The van der Waals surface area contributed by atoms with E-state index in [4.69, 9.17) is 4.74 Å². The smallest absolute Gasteiger partial charge is 0.132 e. The third kappa shape index (κ3) is 5.21. The molecule has 0 radical (unpaired) electrons. The Hall–Kier alpha value is -3.08. The van der Waals surface area contributed by atoms with Crippen molar-refractivity contribution < 1.29 is 4.74 Å². The van der Waals surface area contributed by atoms with Crippen molar-refractivity contribution in [3.05, 3.63) is 77.6 Å². The van der Waals surface area contributed by atoms with Crippen molar-refractivity contribution in [1.82, 2.24) is 9.97 Å². The summed E-state index contributed by atoms with van der Waals surface area (Å²) < 4.78 is 5.18. The van der Waals surface area contributed by atoms with Crippen molar-refractivity contribution in [2.75, 3.05) is 24.3 Å². The second kappa shape index (κ2) is 8.85. The van der Waals surface area contributed by atoms with E-state index in [1.54, 1.807) is 7.11 Å². The van der Waals surface area contributed by atoms with Gasteiger partial charge in [0.2, 0.25) is 0 Å². The number of anilines is 2. The summed E-state index contributed by atoms with van der Waals surface area (Å²) in [5.41, 5.74) is 2.48. The Morgan fingerprint density at radius 1 is 0.846 bits per heavy atom. The zero-order valence-corrected chi connectivity index (χ0v) is 15.2. The number of rotatable bonds is 8. The van der Waals surface area contributed by atoms with Crippen LogP contribution in [0.25, 0.3) is 0 Å². The number of benzene rings is 2. The molecule has 26 heavy (non-hydrogen) atoms. The number of aromatic nitrogens is 2. The Morgan fingerprint density at radius 2 is 1.54 bits per heavy atom. The Labute approximate surface area is 154 Å². The summed E-state index contributed by atoms with van der Waals surface area (Å²) in [6.07, 6.45) is 0.916. The zero-order valence-electron chi connectivity index (χ0n) is 15.2. The summed E-state index contributed by atoms with van der Waals surface area (Å²) in [5.74, 6) is 3.28. The molecule has 2 N–H and O–H groups in total. The summed E-state index contributed by atoms with van der Waals surface area (Å²) in [6.45, 7) is 3.45. The topological polar surface area (TPSA) is 59.1 Å². The molecule has 0 atom stereocenters. The highest BCUT2D eigenvalue weighted by Crippen LogP contribution is 2.14. The third-order valence-electron chi connectivity index (χ3n) is 4.03. The SMILES string of the molecule is COc1ccc(CCNc2cc(NCc3ccccc3)nc(C)n2)cc1. The number of aryl methyl sites for hydroxylation is 1. The Morgan fingerprint density at radius 3 is 2.23 bits per heavy atom. The number of hydrogen-bond donors (Lipinski definition) is 2. The summed E-state index contributed by atoms with van der Waals surface area (Å²) >= 11 is 0. The molecule has 0 aliphatic heterocycles. The van der Waals surface area contributed by atoms with Gasteiger partial charge in [-0.05, 0) is 36.6 Å². The highest BCUT2D eigenvalue weighted by atomic mass is 16.5. The molecule has 0 aliphatic rings. The molecule has 3 aromatic rings. The predicted molar refractivity (Wildman–Crippen MR) is 106 cm³/mol. The van der Waals surface area contributed by atoms with Gasteiger partial charge in [-0.25, -0.2) is 9.97 Å². The Bertz CT molecular complexity index is 819. The van der Waals surface area contributed by atoms with Crippen molar-refractivity contribution in [1.29, 1.82) is 0 Å². The summed E-state index contributed by atoms with van der Waals surface area (Å²) in [7, 11) is 1.68. The van der Waals surface area contributed by atoms with Crippen molar-refractivity contribution in [2.45, 2.75) is 19.9 Å². The molecule has 0 bridgehead atoms. The maximum atomic E-state index is 5.18. The van der Waals surface area contributed by atoms with Crippen molar-refractivity contribution in [3.8, 4) is 5.75 Å². The van der Waals surface area contributed by atoms with Crippen LogP contribution in [0.1, 0.15) is 17.0 Å². The van der Waals surface area contributed by atoms with E-state index in [-0.39, 0.29) is 0 Å². The van der Waals surface area contributed by atoms with Gasteiger partial charge in [-0.3, -0.25) is 0 Å². The number of hydrogen-bond acceptors (Lipinski definition) is 5. The second-order valence-electron chi connectivity index (χ2n) is 6.05. The molecular weight excluding hydrogens is 324 g/mol. The quantitative estimate of drug-likeness (QED) is 0.643. The lowest BCUT2D eigenvalue weighted by Crippen LogP contribution is -2.09. The van der Waals surface area contributed by atoms with Gasteiger partial charge in [-0.15, -0.1) is 0 Å². The first kappa shape index (κ1) is 17.7. The molecule has 1 aromatic heterocycles. The molecule has 1 heterocycles. The molecule has 2 aromatic carbocycles. The van der Waals surface area contributed by atoms with Gasteiger partial charge in [-0.1, -0.05) is 42.5 Å². The first-order valence-electron chi connectivity index (χ1n) is 8.73. The number of nitrogens with one attached hydrogen (secondary N) is 2. The maximum absolute atomic E-state index is 5.18. The second-order valence-corrected chi connectivity index (χ2v) is 6.05. The van der Waals surface area contributed by atoms with E-state index in [0.29, 0.717) is 0 Å². The fraction of sp³-hybridized carbons (Fsp3) is 0.238. The van der Waals surface area contributed by atoms with Crippen molar-refractivity contribution in [2.24, 2.45) is 0 Å². The minimum absolute atomic E-state index is 0.739. The largest absolute Gasteiger partial charge is 0.497 e. The lowest BCUT2D eigenvalue weighted by atomic mass is 10.1. The van der Waals surface area contributed by atoms with E-state index in [9.17, 15) is 0 Å². The van der Waals surface area contributed by atoms with Crippen LogP contribution in [0.15, 0.2) is 60.7 Å². The lowest BCUT2D eigenvalue weighted by molar-refractivity contribution is 0.414. The standard InChI is InChI=1S/C21H24N4O/c1-16-24-20(22-13-12-17-8-10-19(26-2)11-9-17)14-21(25-16)23-15-18-6-4-3-5-7-18/h3-11,14H,12-13,15H2,1-2H3,(H2,22,23,24,25). The van der Waals surface area contributed by atoms with Crippen LogP contribution in [0.4, 0.5) is 11.6 Å². The van der Waals surface area contributed by atoms with E-state index in [1.165, 1.54) is 11.1 Å². The van der Waals surface area contributed by atoms with Gasteiger partial charge >= 0.3 is 0 Å². The lowest BCUT2D eigenvalue weighted by Gasteiger charge is -2.10. The van der Waals surface area contributed by atoms with Crippen LogP contribution in [0.5, 0.6) is 5.75 Å². The van der Waals surface area contributed by atoms with Gasteiger partial charge in [-0.2, -0.15) is 0 Å². The Balaban J connectivity index is 1.54. The van der Waals surface area contributed by atoms with Gasteiger partial charge in [0.25, 0.3) is 0 Å². The van der Waals surface area contributed by atoms with E-state index in [0.717, 1.165) is 42.7 Å². The van der Waals surface area contributed by atoms with Gasteiger partial charge in [0, 0.05) is 19.2 Å². The molecule has 3 rings (SSSR count). The van der Waals surface area contributed by atoms with Gasteiger partial charge in [0.15, 0.2) is 0 Å². The van der Waals surface area contributed by atoms with Crippen molar-refractivity contribution >= 4 is 11.6 Å². The van der Waals surface area contributed by atoms with E-state index in [2.05, 4.69) is 44.9 Å². The monoisotopic (exact) mass is 348 g/mol. The van der Waals surface area contributed by atoms with Crippen LogP contribution in [0.2, 0.25) is 0 Å². The first-order valence-corrected chi connectivity index (χ1v) is 8.73. The number of ether oxygens (including phenoxy) is 1. The van der Waals surface area contributed by atoms with Gasteiger partial charge in [0.05, 0.1) is 7.11 Å². The van der Waals surface area contributed by atoms with Gasteiger partial charge in [0.1, 0.15) is 23.2 Å². The number of nitrogens with zero attached hydrogens (tertiary/aromatic N) is 2. The number of methoxy groups -OCH3 is 1. The molecule has 0 saturated heterocycles. The first-order chi connectivity index (χ1) is 12.7. The summed E-state index contributed by atoms with van der Waals surface area (Å²) in [5, 5.41) is 6.74. The van der Waals surface area contributed by atoms with E-state index in [1.807, 2.05) is 43.3 Å². The predicted octanol–water partition coefficient (Wildman–Crippen LogP) is 4.06. The van der Waals surface area contributed by atoms with Crippen LogP contribution < -0.4 is 15.4 Å². The fourth-order valence-corrected chi connectivity index (χ4v) is 2.66. The summed E-state index contributed by atoms with van der Waals surface area (Å²) in [6, 6.07) is 20.3. The molecule has 0 amide bonds. The maximum Gasteiger partial charge on any atom is 0.132 e. The average Bonchev–Trinajstić information content (AvgIpc) is 2.67. The van der Waals surface area contributed by atoms with Gasteiger partial charge < -0.3 is 15.4 Å². The average molecular weight is 348 g/mol. The van der Waals surface area contributed by atoms with Crippen LogP contribution in [-0.4, -0.2) is 23.6 Å².